The highest BCUT2D eigenvalue weighted by Gasteiger charge is 2.11. The van der Waals surface area contributed by atoms with Crippen LogP contribution in [0.3, 0.4) is 0 Å². The molecule has 0 aliphatic rings. The van der Waals surface area contributed by atoms with Gasteiger partial charge in [-0.15, -0.1) is 0 Å². The summed E-state index contributed by atoms with van der Waals surface area (Å²) in [5, 5.41) is 1.03. The zero-order chi connectivity index (χ0) is 9.84. The zero-order valence-electron chi connectivity index (χ0n) is 6.92. The summed E-state index contributed by atoms with van der Waals surface area (Å²) >= 11 is 11.8. The molecule has 0 saturated heterocycles. The molecule has 1 aromatic carbocycles. The van der Waals surface area contributed by atoms with Gasteiger partial charge in [-0.3, -0.25) is 0 Å². The molecule has 0 bridgehead atoms. The van der Waals surface area contributed by atoms with Gasteiger partial charge in [-0.2, -0.15) is 4.99 Å². The second-order valence-electron chi connectivity index (χ2n) is 2.53. The summed E-state index contributed by atoms with van der Waals surface area (Å²) in [5.74, 6) is 0. The fraction of sp³-hybridized carbons (Fsp3) is 0.222. The van der Waals surface area contributed by atoms with Crippen molar-refractivity contribution in [1.82, 2.24) is 0 Å². The molecule has 0 aliphatic heterocycles. The molecule has 4 heteroatoms. The van der Waals surface area contributed by atoms with Crippen molar-refractivity contribution in [3.05, 3.63) is 33.8 Å². The minimum Gasteiger partial charge on any atom is -0.211 e. The largest absolute Gasteiger partial charge is 0.235 e. The smallest absolute Gasteiger partial charge is 0.211 e. The molecule has 1 unspecified atom stereocenters. The number of rotatable bonds is 2. The van der Waals surface area contributed by atoms with Crippen LogP contribution in [-0.4, -0.2) is 6.08 Å². The van der Waals surface area contributed by atoms with E-state index in [0.29, 0.717) is 15.6 Å². The van der Waals surface area contributed by atoms with Crippen molar-refractivity contribution in [2.24, 2.45) is 4.99 Å². The van der Waals surface area contributed by atoms with Gasteiger partial charge in [-0.1, -0.05) is 29.3 Å². The molecule has 0 aromatic heterocycles. The SMILES string of the molecule is CC(N=C=O)c1c(Cl)cccc1Cl. The summed E-state index contributed by atoms with van der Waals surface area (Å²) in [4.78, 5) is 13.6. The molecule has 0 amide bonds. The zero-order valence-corrected chi connectivity index (χ0v) is 8.43. The van der Waals surface area contributed by atoms with Crippen LogP contribution in [0.4, 0.5) is 0 Å². The summed E-state index contributed by atoms with van der Waals surface area (Å²) in [6, 6.07) is 4.81. The maximum atomic E-state index is 10.0. The monoisotopic (exact) mass is 215 g/mol. The van der Waals surface area contributed by atoms with Crippen molar-refractivity contribution in [1.29, 1.82) is 0 Å². The van der Waals surface area contributed by atoms with Gasteiger partial charge >= 0.3 is 0 Å². The minimum absolute atomic E-state index is 0.348. The lowest BCUT2D eigenvalue weighted by atomic mass is 10.1. The third kappa shape index (κ3) is 2.31. The number of halogens is 2. The van der Waals surface area contributed by atoms with Gasteiger partial charge in [-0.25, -0.2) is 4.79 Å². The molecule has 0 fully saturated rings. The lowest BCUT2D eigenvalue weighted by Crippen LogP contribution is -1.91. The first kappa shape index (κ1) is 10.3. The average molecular weight is 216 g/mol. The van der Waals surface area contributed by atoms with E-state index in [1.165, 1.54) is 6.08 Å². The van der Waals surface area contributed by atoms with E-state index in [1.807, 2.05) is 0 Å². The predicted molar refractivity (Wildman–Crippen MR) is 53.0 cm³/mol. The van der Waals surface area contributed by atoms with Gasteiger partial charge in [0.1, 0.15) is 0 Å². The van der Waals surface area contributed by atoms with Crippen LogP contribution in [0.25, 0.3) is 0 Å². The Morgan fingerprint density at radius 2 is 1.92 bits per heavy atom. The van der Waals surface area contributed by atoms with Crippen LogP contribution in [0.15, 0.2) is 23.2 Å². The molecule has 0 radical (unpaired) electrons. The Labute approximate surface area is 86.2 Å². The Bertz CT molecular complexity index is 338. The number of isocyanates is 1. The van der Waals surface area contributed by atoms with Gasteiger partial charge < -0.3 is 0 Å². The number of hydrogen-bond acceptors (Lipinski definition) is 2. The van der Waals surface area contributed by atoms with E-state index in [2.05, 4.69) is 4.99 Å². The van der Waals surface area contributed by atoms with Crippen LogP contribution in [0, 0.1) is 0 Å². The van der Waals surface area contributed by atoms with Crippen LogP contribution in [0.1, 0.15) is 18.5 Å². The Balaban J connectivity index is 3.19. The Hall–Kier alpha value is -0.820. The summed E-state index contributed by atoms with van der Waals surface area (Å²) in [6.07, 6.45) is 1.48. The summed E-state index contributed by atoms with van der Waals surface area (Å²) < 4.78 is 0. The number of hydrogen-bond donors (Lipinski definition) is 0. The van der Waals surface area contributed by atoms with E-state index in [0.717, 1.165) is 0 Å². The molecule has 0 saturated carbocycles. The van der Waals surface area contributed by atoms with E-state index in [4.69, 9.17) is 23.2 Å². The molecule has 2 nitrogen and oxygen atoms in total. The molecule has 1 aromatic rings. The van der Waals surface area contributed by atoms with Crippen molar-refractivity contribution < 1.29 is 4.79 Å². The fourth-order valence-electron chi connectivity index (χ4n) is 1.05. The van der Waals surface area contributed by atoms with Crippen LogP contribution in [0.5, 0.6) is 0 Å². The first-order chi connectivity index (χ1) is 6.16. The molecular formula is C9H7Cl2NO. The standard InChI is InChI=1S/C9H7Cl2NO/c1-6(12-5-13)9-7(10)3-2-4-8(9)11/h2-4,6H,1H3. The lowest BCUT2D eigenvalue weighted by molar-refractivity contribution is 0.559. The van der Waals surface area contributed by atoms with Gasteiger partial charge in [0.2, 0.25) is 6.08 Å². The Kier molecular flexibility index (Phi) is 3.49. The summed E-state index contributed by atoms with van der Waals surface area (Å²) in [6.45, 7) is 1.73. The number of nitrogens with zero attached hydrogens (tertiary/aromatic N) is 1. The maximum Gasteiger partial charge on any atom is 0.235 e. The average Bonchev–Trinajstić information content (AvgIpc) is 2.04. The van der Waals surface area contributed by atoms with Crippen molar-refractivity contribution in [2.75, 3.05) is 0 Å². The van der Waals surface area contributed by atoms with Gasteiger partial charge in [0.15, 0.2) is 0 Å². The van der Waals surface area contributed by atoms with Crippen LogP contribution >= 0.6 is 23.2 Å². The number of benzene rings is 1. The first-order valence-corrected chi connectivity index (χ1v) is 4.43. The summed E-state index contributed by atoms with van der Waals surface area (Å²) in [7, 11) is 0. The van der Waals surface area contributed by atoms with E-state index in [-0.39, 0.29) is 6.04 Å². The number of carbonyl (C=O) groups excluding carboxylic acids is 1. The van der Waals surface area contributed by atoms with Gasteiger partial charge in [0.05, 0.1) is 6.04 Å². The molecule has 0 spiro atoms. The fourth-order valence-corrected chi connectivity index (χ4v) is 1.77. The van der Waals surface area contributed by atoms with Gasteiger partial charge in [0.25, 0.3) is 0 Å². The Morgan fingerprint density at radius 1 is 1.38 bits per heavy atom. The molecule has 1 rings (SSSR count). The van der Waals surface area contributed by atoms with Crippen LogP contribution < -0.4 is 0 Å². The molecule has 0 aliphatic carbocycles. The molecule has 0 heterocycles. The molecule has 68 valence electrons. The third-order valence-electron chi connectivity index (χ3n) is 1.66. The molecule has 13 heavy (non-hydrogen) atoms. The van der Waals surface area contributed by atoms with E-state index in [9.17, 15) is 4.79 Å². The summed E-state index contributed by atoms with van der Waals surface area (Å²) in [5.41, 5.74) is 0.661. The normalized spacial score (nSPS) is 11.9. The lowest BCUT2D eigenvalue weighted by Gasteiger charge is -2.08. The highest BCUT2D eigenvalue weighted by Crippen LogP contribution is 2.31. The van der Waals surface area contributed by atoms with Gasteiger partial charge in [-0.05, 0) is 19.1 Å². The Morgan fingerprint density at radius 3 is 2.38 bits per heavy atom. The van der Waals surface area contributed by atoms with Crippen molar-refractivity contribution in [3.63, 3.8) is 0 Å². The van der Waals surface area contributed by atoms with E-state index >= 15 is 0 Å². The van der Waals surface area contributed by atoms with E-state index in [1.54, 1.807) is 25.1 Å². The highest BCUT2D eigenvalue weighted by molar-refractivity contribution is 6.36. The molecule has 1 atom stereocenters. The van der Waals surface area contributed by atoms with E-state index < -0.39 is 0 Å². The van der Waals surface area contributed by atoms with Crippen LogP contribution in [0.2, 0.25) is 10.0 Å². The maximum absolute atomic E-state index is 10.0. The van der Waals surface area contributed by atoms with Crippen molar-refractivity contribution in [2.45, 2.75) is 13.0 Å². The third-order valence-corrected chi connectivity index (χ3v) is 2.32. The number of aliphatic imine (C=N–C) groups is 1. The quantitative estimate of drug-likeness (QED) is 0.550. The first-order valence-electron chi connectivity index (χ1n) is 3.67. The molecular weight excluding hydrogens is 209 g/mol. The second-order valence-corrected chi connectivity index (χ2v) is 3.35. The van der Waals surface area contributed by atoms with Crippen molar-refractivity contribution in [3.8, 4) is 0 Å². The minimum atomic E-state index is -0.348. The van der Waals surface area contributed by atoms with Gasteiger partial charge in [0, 0.05) is 15.6 Å². The van der Waals surface area contributed by atoms with Crippen molar-refractivity contribution >= 4 is 29.3 Å². The topological polar surface area (TPSA) is 29.4 Å². The second kappa shape index (κ2) is 4.43. The highest BCUT2D eigenvalue weighted by atomic mass is 35.5. The predicted octanol–water partition coefficient (Wildman–Crippen LogP) is 3.39. The molecule has 0 N–H and O–H groups in total. The van der Waals surface area contributed by atoms with Crippen LogP contribution in [-0.2, 0) is 4.79 Å².